The molecule has 1 saturated carbocycles. The number of rotatable bonds is 6. The second-order valence-electron chi connectivity index (χ2n) is 5.74. The Labute approximate surface area is 125 Å². The molecule has 0 aromatic carbocycles. The van der Waals surface area contributed by atoms with Crippen molar-refractivity contribution in [2.75, 3.05) is 6.54 Å². The molecule has 2 rings (SSSR count). The first-order chi connectivity index (χ1) is 9.97. The second kappa shape index (κ2) is 6.65. The molecule has 0 spiro atoms. The van der Waals surface area contributed by atoms with Crippen LogP contribution in [0.15, 0.2) is 12.4 Å². The van der Waals surface area contributed by atoms with Gasteiger partial charge in [-0.25, -0.2) is 4.98 Å². The van der Waals surface area contributed by atoms with Gasteiger partial charge in [0.15, 0.2) is 0 Å². The van der Waals surface area contributed by atoms with Gasteiger partial charge in [0.2, 0.25) is 5.91 Å². The van der Waals surface area contributed by atoms with Crippen molar-refractivity contribution in [3.63, 3.8) is 0 Å². The van der Waals surface area contributed by atoms with E-state index in [1.165, 1.54) is 6.20 Å². The fourth-order valence-electron chi connectivity index (χ4n) is 2.10. The highest BCUT2D eigenvalue weighted by Gasteiger charge is 2.33. The molecule has 1 heterocycles. The van der Waals surface area contributed by atoms with Crippen molar-refractivity contribution in [2.45, 2.75) is 52.1 Å². The summed E-state index contributed by atoms with van der Waals surface area (Å²) >= 11 is 0. The molecule has 1 aromatic heterocycles. The van der Waals surface area contributed by atoms with Gasteiger partial charge in [-0.3, -0.25) is 14.6 Å². The van der Waals surface area contributed by atoms with Gasteiger partial charge in [0.25, 0.3) is 5.91 Å². The molecule has 114 valence electrons. The van der Waals surface area contributed by atoms with Crippen LogP contribution in [0, 0.1) is 6.92 Å². The van der Waals surface area contributed by atoms with E-state index in [2.05, 4.69) is 15.3 Å². The fraction of sp³-hybridized carbons (Fsp3) is 0.600. The van der Waals surface area contributed by atoms with Crippen molar-refractivity contribution in [1.29, 1.82) is 0 Å². The quantitative estimate of drug-likeness (QED) is 0.857. The van der Waals surface area contributed by atoms with Crippen molar-refractivity contribution in [1.82, 2.24) is 20.2 Å². The van der Waals surface area contributed by atoms with Gasteiger partial charge in [-0.05, 0) is 33.6 Å². The summed E-state index contributed by atoms with van der Waals surface area (Å²) in [5.74, 6) is -0.166. The molecule has 0 atom stereocenters. The van der Waals surface area contributed by atoms with E-state index in [-0.39, 0.29) is 23.9 Å². The molecule has 1 fully saturated rings. The predicted octanol–water partition coefficient (Wildman–Crippen LogP) is 1.30. The molecule has 1 N–H and O–H groups in total. The predicted molar refractivity (Wildman–Crippen MR) is 78.7 cm³/mol. The fourth-order valence-corrected chi connectivity index (χ4v) is 2.10. The molecule has 2 amide bonds. The van der Waals surface area contributed by atoms with Crippen LogP contribution in [0.25, 0.3) is 0 Å². The highest BCUT2D eigenvalue weighted by Crippen LogP contribution is 2.28. The molecule has 6 heteroatoms. The van der Waals surface area contributed by atoms with E-state index in [0.29, 0.717) is 18.7 Å². The van der Waals surface area contributed by atoms with E-state index in [0.717, 1.165) is 18.5 Å². The number of amides is 2. The number of carbonyl (C=O) groups excluding carboxylic acids is 2. The normalized spacial score (nSPS) is 14.1. The lowest BCUT2D eigenvalue weighted by Gasteiger charge is -2.22. The maximum Gasteiger partial charge on any atom is 0.274 e. The lowest BCUT2D eigenvalue weighted by molar-refractivity contribution is -0.121. The molecule has 0 unspecified atom stereocenters. The van der Waals surface area contributed by atoms with Gasteiger partial charge in [-0.1, -0.05) is 0 Å². The number of aryl methyl sites for hydroxylation is 1. The molecule has 0 aliphatic heterocycles. The number of nitrogens with one attached hydrogen (secondary N) is 1. The standard InChI is InChI=1S/C15H22N4O2/c1-10(2)18-14(20)6-7-19(12-4-5-12)15(21)13-9-16-11(3)8-17-13/h8-10,12H,4-7H2,1-3H3,(H,18,20). The Morgan fingerprint density at radius 1 is 1.33 bits per heavy atom. The molecule has 1 aliphatic rings. The molecule has 0 radical (unpaired) electrons. The summed E-state index contributed by atoms with van der Waals surface area (Å²) in [4.78, 5) is 34.2. The monoisotopic (exact) mass is 290 g/mol. The largest absolute Gasteiger partial charge is 0.354 e. The first kappa shape index (κ1) is 15.4. The molecule has 0 bridgehead atoms. The minimum Gasteiger partial charge on any atom is -0.354 e. The Bertz CT molecular complexity index is 509. The number of aromatic nitrogens is 2. The minimum atomic E-state index is -0.137. The van der Waals surface area contributed by atoms with Gasteiger partial charge in [0.05, 0.1) is 11.9 Å². The van der Waals surface area contributed by atoms with Crippen LogP contribution in [0.3, 0.4) is 0 Å². The topological polar surface area (TPSA) is 75.2 Å². The highest BCUT2D eigenvalue weighted by molar-refractivity contribution is 5.92. The third-order valence-corrected chi connectivity index (χ3v) is 3.28. The van der Waals surface area contributed by atoms with Crippen LogP contribution >= 0.6 is 0 Å². The van der Waals surface area contributed by atoms with Crippen LogP contribution in [0.1, 0.15) is 49.3 Å². The average molecular weight is 290 g/mol. The maximum atomic E-state index is 12.5. The molecular formula is C15H22N4O2. The van der Waals surface area contributed by atoms with Gasteiger partial charge < -0.3 is 10.2 Å². The minimum absolute atomic E-state index is 0.0292. The summed E-state index contributed by atoms with van der Waals surface area (Å²) in [6.45, 7) is 6.10. The molecule has 6 nitrogen and oxygen atoms in total. The van der Waals surface area contributed by atoms with Gasteiger partial charge in [-0.15, -0.1) is 0 Å². The molecule has 0 saturated heterocycles. The maximum absolute atomic E-state index is 12.5. The van der Waals surface area contributed by atoms with Crippen LogP contribution < -0.4 is 5.32 Å². The van der Waals surface area contributed by atoms with E-state index in [1.54, 1.807) is 11.1 Å². The highest BCUT2D eigenvalue weighted by atomic mass is 16.2. The molecule has 21 heavy (non-hydrogen) atoms. The SMILES string of the molecule is Cc1cnc(C(=O)N(CCC(=O)NC(C)C)C2CC2)cn1. The summed E-state index contributed by atoms with van der Waals surface area (Å²) < 4.78 is 0. The summed E-state index contributed by atoms with van der Waals surface area (Å²) in [6.07, 6.45) is 5.40. The first-order valence-electron chi connectivity index (χ1n) is 7.36. The van der Waals surface area contributed by atoms with Gasteiger partial charge >= 0.3 is 0 Å². The van der Waals surface area contributed by atoms with Gasteiger partial charge in [0.1, 0.15) is 5.69 Å². The number of hydrogen-bond donors (Lipinski definition) is 1. The van der Waals surface area contributed by atoms with E-state index in [9.17, 15) is 9.59 Å². The zero-order chi connectivity index (χ0) is 15.4. The average Bonchev–Trinajstić information content (AvgIpc) is 3.23. The van der Waals surface area contributed by atoms with Crippen molar-refractivity contribution in [2.24, 2.45) is 0 Å². The Balaban J connectivity index is 1.97. The summed E-state index contributed by atoms with van der Waals surface area (Å²) in [7, 11) is 0. The van der Waals surface area contributed by atoms with Gasteiger partial charge in [-0.2, -0.15) is 0 Å². The Hall–Kier alpha value is -1.98. The molecular weight excluding hydrogens is 268 g/mol. The van der Waals surface area contributed by atoms with E-state index in [4.69, 9.17) is 0 Å². The van der Waals surface area contributed by atoms with Crippen molar-refractivity contribution < 1.29 is 9.59 Å². The van der Waals surface area contributed by atoms with Crippen molar-refractivity contribution in [3.05, 3.63) is 23.8 Å². The van der Waals surface area contributed by atoms with E-state index >= 15 is 0 Å². The van der Waals surface area contributed by atoms with Crippen LogP contribution in [0.4, 0.5) is 0 Å². The van der Waals surface area contributed by atoms with Crippen LogP contribution in [0.5, 0.6) is 0 Å². The molecule has 1 aromatic rings. The van der Waals surface area contributed by atoms with Crippen LogP contribution in [-0.2, 0) is 4.79 Å². The first-order valence-corrected chi connectivity index (χ1v) is 7.36. The smallest absolute Gasteiger partial charge is 0.274 e. The summed E-state index contributed by atoms with van der Waals surface area (Å²) in [5, 5.41) is 2.84. The zero-order valence-corrected chi connectivity index (χ0v) is 12.8. The van der Waals surface area contributed by atoms with Crippen molar-refractivity contribution >= 4 is 11.8 Å². The summed E-state index contributed by atoms with van der Waals surface area (Å²) in [5.41, 5.74) is 1.12. The Morgan fingerprint density at radius 3 is 2.57 bits per heavy atom. The van der Waals surface area contributed by atoms with E-state index < -0.39 is 0 Å². The number of nitrogens with zero attached hydrogens (tertiary/aromatic N) is 3. The van der Waals surface area contributed by atoms with E-state index in [1.807, 2.05) is 20.8 Å². The summed E-state index contributed by atoms with van der Waals surface area (Å²) in [6, 6.07) is 0.359. The zero-order valence-electron chi connectivity index (χ0n) is 12.8. The Morgan fingerprint density at radius 2 is 2.05 bits per heavy atom. The number of carbonyl (C=O) groups is 2. The van der Waals surface area contributed by atoms with Crippen LogP contribution in [-0.4, -0.2) is 45.3 Å². The Kier molecular flexibility index (Phi) is 4.88. The number of hydrogen-bond acceptors (Lipinski definition) is 4. The third-order valence-electron chi connectivity index (χ3n) is 3.28. The third kappa shape index (κ3) is 4.51. The van der Waals surface area contributed by atoms with Crippen LogP contribution in [0.2, 0.25) is 0 Å². The molecule has 1 aliphatic carbocycles. The lowest BCUT2D eigenvalue weighted by atomic mass is 10.3. The van der Waals surface area contributed by atoms with Gasteiger partial charge in [0, 0.05) is 31.2 Å². The second-order valence-corrected chi connectivity index (χ2v) is 5.74. The lowest BCUT2D eigenvalue weighted by Crippen LogP contribution is -2.38. The van der Waals surface area contributed by atoms with Crippen molar-refractivity contribution in [3.8, 4) is 0 Å².